The first-order valence-corrected chi connectivity index (χ1v) is 9.21. The zero-order valence-corrected chi connectivity index (χ0v) is 14.6. The van der Waals surface area contributed by atoms with Crippen molar-refractivity contribution >= 4 is 39.1 Å². The molecule has 4 rings (SSSR count). The molecule has 3 aromatic rings. The minimum absolute atomic E-state index is 0.0848. The van der Waals surface area contributed by atoms with E-state index in [0.717, 1.165) is 48.6 Å². The van der Waals surface area contributed by atoms with Gasteiger partial charge in [0.1, 0.15) is 4.83 Å². The number of nitrogens with zero attached hydrogens (tertiary/aromatic N) is 2. The third-order valence-electron chi connectivity index (χ3n) is 4.23. The number of hydrogen-bond donors (Lipinski definition) is 2. The van der Waals surface area contributed by atoms with Gasteiger partial charge in [-0.2, -0.15) is 0 Å². The van der Waals surface area contributed by atoms with Gasteiger partial charge in [0.25, 0.3) is 5.56 Å². The molecular weight excluding hydrogens is 344 g/mol. The number of fused-ring (bicyclic) bond motifs is 1. The van der Waals surface area contributed by atoms with Crippen molar-refractivity contribution in [3.8, 4) is 11.1 Å². The summed E-state index contributed by atoms with van der Waals surface area (Å²) in [6.07, 6.45) is 1.04. The van der Waals surface area contributed by atoms with E-state index < -0.39 is 0 Å². The highest BCUT2D eigenvalue weighted by Gasteiger charge is 2.17. The summed E-state index contributed by atoms with van der Waals surface area (Å²) >= 11 is 7.46. The second-order valence-electron chi connectivity index (χ2n) is 5.82. The molecule has 2 aromatic heterocycles. The van der Waals surface area contributed by atoms with Crippen LogP contribution in [-0.4, -0.2) is 36.1 Å². The van der Waals surface area contributed by atoms with E-state index in [0.29, 0.717) is 16.4 Å². The van der Waals surface area contributed by atoms with Crippen LogP contribution in [0.2, 0.25) is 5.02 Å². The Balaban J connectivity index is 1.78. The molecule has 0 radical (unpaired) electrons. The summed E-state index contributed by atoms with van der Waals surface area (Å²) in [5, 5.41) is 6.68. The van der Waals surface area contributed by atoms with Crippen LogP contribution < -0.4 is 15.8 Å². The third-order valence-corrected chi connectivity index (χ3v) is 5.35. The van der Waals surface area contributed by atoms with Crippen LogP contribution >= 0.6 is 22.9 Å². The Hall–Kier alpha value is -1.89. The summed E-state index contributed by atoms with van der Waals surface area (Å²) in [4.78, 5) is 23.3. The van der Waals surface area contributed by atoms with E-state index in [1.807, 2.05) is 29.6 Å². The summed E-state index contributed by atoms with van der Waals surface area (Å²) in [6.45, 7) is 3.66. The zero-order chi connectivity index (χ0) is 16.5. The van der Waals surface area contributed by atoms with E-state index >= 15 is 0 Å². The quantitative estimate of drug-likeness (QED) is 0.737. The van der Waals surface area contributed by atoms with E-state index in [2.05, 4.69) is 15.2 Å². The molecule has 0 aliphatic carbocycles. The van der Waals surface area contributed by atoms with E-state index in [-0.39, 0.29) is 5.56 Å². The van der Waals surface area contributed by atoms with Crippen molar-refractivity contribution in [2.24, 2.45) is 0 Å². The van der Waals surface area contributed by atoms with Crippen molar-refractivity contribution in [2.75, 3.05) is 31.1 Å². The van der Waals surface area contributed by atoms with Crippen molar-refractivity contribution in [1.29, 1.82) is 0 Å². The predicted molar refractivity (Wildman–Crippen MR) is 100 cm³/mol. The van der Waals surface area contributed by atoms with Gasteiger partial charge in [0.05, 0.1) is 5.39 Å². The van der Waals surface area contributed by atoms with Crippen LogP contribution in [0.5, 0.6) is 0 Å². The van der Waals surface area contributed by atoms with Crippen molar-refractivity contribution in [1.82, 2.24) is 15.3 Å². The molecule has 2 N–H and O–H groups in total. The molecule has 1 saturated heterocycles. The average Bonchev–Trinajstić information content (AvgIpc) is 2.83. The normalized spacial score (nSPS) is 15.6. The molecule has 0 atom stereocenters. The van der Waals surface area contributed by atoms with Gasteiger partial charge in [0.15, 0.2) is 0 Å². The van der Waals surface area contributed by atoms with E-state index in [9.17, 15) is 4.79 Å². The van der Waals surface area contributed by atoms with Gasteiger partial charge >= 0.3 is 0 Å². The maximum Gasteiger partial charge on any atom is 0.261 e. The van der Waals surface area contributed by atoms with Crippen molar-refractivity contribution in [3.63, 3.8) is 0 Å². The Labute approximate surface area is 148 Å². The fourth-order valence-corrected chi connectivity index (χ4v) is 4.06. The molecule has 7 heteroatoms. The van der Waals surface area contributed by atoms with Crippen LogP contribution in [0, 0.1) is 0 Å². The Bertz CT molecular complexity index is 910. The second-order valence-corrected chi connectivity index (χ2v) is 7.11. The topological polar surface area (TPSA) is 61.0 Å². The maximum atomic E-state index is 12.7. The molecule has 0 bridgehead atoms. The standard InChI is InChI=1S/C17H17ClN4OS/c18-12-4-2-11(3-5-12)13-10-24-16-14(13)15(23)20-17(21-16)22-8-1-6-19-7-9-22/h2-5,10,19H,1,6-9H2,(H,20,21,23). The lowest BCUT2D eigenvalue weighted by Gasteiger charge is -2.20. The highest BCUT2D eigenvalue weighted by atomic mass is 35.5. The summed E-state index contributed by atoms with van der Waals surface area (Å²) in [6, 6.07) is 7.52. The first-order chi connectivity index (χ1) is 11.7. The smallest absolute Gasteiger partial charge is 0.261 e. The van der Waals surface area contributed by atoms with Crippen LogP contribution in [0.4, 0.5) is 5.95 Å². The van der Waals surface area contributed by atoms with Gasteiger partial charge in [-0.15, -0.1) is 11.3 Å². The molecule has 0 amide bonds. The number of nitrogens with one attached hydrogen (secondary N) is 2. The highest BCUT2D eigenvalue weighted by Crippen LogP contribution is 2.32. The molecular formula is C17H17ClN4OS. The summed E-state index contributed by atoms with van der Waals surface area (Å²) < 4.78 is 0. The molecule has 1 aromatic carbocycles. The summed E-state index contributed by atoms with van der Waals surface area (Å²) in [7, 11) is 0. The minimum Gasteiger partial charge on any atom is -0.341 e. The second kappa shape index (κ2) is 6.55. The van der Waals surface area contributed by atoms with Crippen LogP contribution in [0.1, 0.15) is 6.42 Å². The van der Waals surface area contributed by atoms with Crippen molar-refractivity contribution in [3.05, 3.63) is 45.0 Å². The summed E-state index contributed by atoms with van der Waals surface area (Å²) in [5.74, 6) is 0.667. The monoisotopic (exact) mass is 360 g/mol. The number of aromatic nitrogens is 2. The van der Waals surface area contributed by atoms with Gasteiger partial charge in [0.2, 0.25) is 5.95 Å². The molecule has 0 unspecified atom stereocenters. The average molecular weight is 361 g/mol. The Morgan fingerprint density at radius 3 is 2.83 bits per heavy atom. The van der Waals surface area contributed by atoms with E-state index in [1.54, 1.807) is 0 Å². The largest absolute Gasteiger partial charge is 0.341 e. The molecule has 3 heterocycles. The molecule has 1 fully saturated rings. The van der Waals surface area contributed by atoms with Gasteiger partial charge in [-0.05, 0) is 30.7 Å². The number of halogens is 1. The van der Waals surface area contributed by atoms with Gasteiger partial charge in [-0.25, -0.2) is 4.98 Å². The first-order valence-electron chi connectivity index (χ1n) is 7.95. The van der Waals surface area contributed by atoms with Crippen molar-refractivity contribution < 1.29 is 0 Å². The van der Waals surface area contributed by atoms with Gasteiger partial charge < -0.3 is 10.2 Å². The van der Waals surface area contributed by atoms with Crippen LogP contribution in [0.25, 0.3) is 21.3 Å². The van der Waals surface area contributed by atoms with Crippen LogP contribution in [-0.2, 0) is 0 Å². The predicted octanol–water partition coefficient (Wildman–Crippen LogP) is 3.10. The SMILES string of the molecule is O=c1[nH]c(N2CCCNCC2)nc2scc(-c3ccc(Cl)cc3)c12. The molecule has 0 saturated carbocycles. The summed E-state index contributed by atoms with van der Waals surface area (Å²) in [5.41, 5.74) is 1.80. The van der Waals surface area contributed by atoms with Crippen LogP contribution in [0.15, 0.2) is 34.4 Å². The number of thiophene rings is 1. The molecule has 0 spiro atoms. The van der Waals surface area contributed by atoms with Crippen LogP contribution in [0.3, 0.4) is 0 Å². The molecule has 24 heavy (non-hydrogen) atoms. The number of rotatable bonds is 2. The zero-order valence-electron chi connectivity index (χ0n) is 13.0. The molecule has 1 aliphatic heterocycles. The lowest BCUT2D eigenvalue weighted by molar-refractivity contribution is 0.724. The highest BCUT2D eigenvalue weighted by molar-refractivity contribution is 7.17. The van der Waals surface area contributed by atoms with Gasteiger partial charge in [0, 0.05) is 35.6 Å². The molecule has 1 aliphatic rings. The molecule has 124 valence electrons. The lowest BCUT2D eigenvalue weighted by atomic mass is 10.1. The number of benzene rings is 1. The number of H-pyrrole nitrogens is 1. The number of hydrogen-bond acceptors (Lipinski definition) is 5. The number of anilines is 1. The van der Waals surface area contributed by atoms with E-state index in [4.69, 9.17) is 16.6 Å². The Kier molecular flexibility index (Phi) is 4.26. The Morgan fingerprint density at radius 1 is 1.17 bits per heavy atom. The van der Waals surface area contributed by atoms with Gasteiger partial charge in [-0.3, -0.25) is 9.78 Å². The molecule has 5 nitrogen and oxygen atoms in total. The van der Waals surface area contributed by atoms with E-state index in [1.165, 1.54) is 11.3 Å². The fraction of sp³-hybridized carbons (Fsp3) is 0.294. The first kappa shape index (κ1) is 15.6. The Morgan fingerprint density at radius 2 is 2.00 bits per heavy atom. The number of aromatic amines is 1. The lowest BCUT2D eigenvalue weighted by Crippen LogP contribution is -2.31. The van der Waals surface area contributed by atoms with Crippen molar-refractivity contribution in [2.45, 2.75) is 6.42 Å². The maximum absolute atomic E-state index is 12.7. The van der Waals surface area contributed by atoms with Gasteiger partial charge in [-0.1, -0.05) is 23.7 Å². The third kappa shape index (κ3) is 2.92. The minimum atomic E-state index is -0.0848. The fourth-order valence-electron chi connectivity index (χ4n) is 2.99.